The number of nitrogens with zero attached hydrogens (tertiary/aromatic N) is 1. The number of halogens is 2. The van der Waals surface area contributed by atoms with E-state index in [0.29, 0.717) is 5.56 Å². The van der Waals surface area contributed by atoms with Gasteiger partial charge in [0.15, 0.2) is 0 Å². The summed E-state index contributed by atoms with van der Waals surface area (Å²) in [7, 11) is 0. The molecule has 0 atom stereocenters. The third kappa shape index (κ3) is 6.04. The molecule has 0 unspecified atom stereocenters. The third-order valence-electron chi connectivity index (χ3n) is 2.36. The first-order chi connectivity index (χ1) is 8.90. The summed E-state index contributed by atoms with van der Waals surface area (Å²) in [5.74, 6) is 0. The van der Waals surface area contributed by atoms with Crippen molar-refractivity contribution < 1.29 is 0 Å². The fourth-order valence-corrected chi connectivity index (χ4v) is 3.05. The van der Waals surface area contributed by atoms with Crippen LogP contribution < -0.4 is 0 Å². The summed E-state index contributed by atoms with van der Waals surface area (Å²) in [6.45, 7) is 6.15. The van der Waals surface area contributed by atoms with Crippen LogP contribution in [-0.2, 0) is 0 Å². The van der Waals surface area contributed by atoms with Gasteiger partial charge >= 0.3 is 0 Å². The van der Waals surface area contributed by atoms with E-state index in [4.69, 9.17) is 5.26 Å². The fourth-order valence-electron chi connectivity index (χ4n) is 1.72. The van der Waals surface area contributed by atoms with Gasteiger partial charge in [-0.3, -0.25) is 0 Å². The zero-order valence-corrected chi connectivity index (χ0v) is 14.3. The Balaban J connectivity index is 0.000000191. The van der Waals surface area contributed by atoms with Crippen LogP contribution in [0.2, 0.25) is 0 Å². The van der Waals surface area contributed by atoms with Gasteiger partial charge in [-0.25, -0.2) is 0 Å². The van der Waals surface area contributed by atoms with Crippen molar-refractivity contribution in [1.82, 2.24) is 0 Å². The Hall–Kier alpha value is -1.11. The Morgan fingerprint density at radius 1 is 0.737 bits per heavy atom. The monoisotopic (exact) mass is 379 g/mol. The van der Waals surface area contributed by atoms with Crippen LogP contribution in [0, 0.1) is 32.1 Å². The van der Waals surface area contributed by atoms with E-state index in [0.717, 1.165) is 10.0 Å². The summed E-state index contributed by atoms with van der Waals surface area (Å²) < 4.78 is 2.13. The van der Waals surface area contributed by atoms with Crippen LogP contribution in [0.15, 0.2) is 45.3 Å². The number of hydrogen-bond acceptors (Lipinski definition) is 1. The predicted octanol–water partition coefficient (Wildman–Crippen LogP) is 5.70. The Morgan fingerprint density at radius 3 is 1.53 bits per heavy atom. The molecular weight excluding hydrogens is 366 g/mol. The average Bonchev–Trinajstić information content (AvgIpc) is 2.26. The van der Waals surface area contributed by atoms with Crippen LogP contribution in [0.25, 0.3) is 0 Å². The minimum atomic E-state index is 0.701. The Morgan fingerprint density at radius 2 is 1.16 bits per heavy atom. The van der Waals surface area contributed by atoms with Gasteiger partial charge in [0.05, 0.1) is 11.6 Å². The molecule has 2 rings (SSSR count). The van der Waals surface area contributed by atoms with E-state index in [1.165, 1.54) is 15.6 Å². The zero-order valence-electron chi connectivity index (χ0n) is 11.2. The molecule has 19 heavy (non-hydrogen) atoms. The first-order valence-electron chi connectivity index (χ1n) is 5.82. The average molecular weight is 381 g/mol. The van der Waals surface area contributed by atoms with Crippen molar-refractivity contribution in [2.24, 2.45) is 0 Å². The van der Waals surface area contributed by atoms with Crippen molar-refractivity contribution in [3.05, 3.63) is 67.6 Å². The summed E-state index contributed by atoms with van der Waals surface area (Å²) in [6.07, 6.45) is 0. The Labute approximate surface area is 131 Å². The molecule has 0 fully saturated rings. The number of nitriles is 1. The van der Waals surface area contributed by atoms with Gasteiger partial charge < -0.3 is 0 Å². The number of hydrogen-bond donors (Lipinski definition) is 0. The summed E-state index contributed by atoms with van der Waals surface area (Å²) in [6, 6.07) is 14.1. The van der Waals surface area contributed by atoms with Crippen molar-refractivity contribution in [3.63, 3.8) is 0 Å². The SMILES string of the molecule is Cc1cc(Br)cc(C#N)c1.Cc1cc(C)cc(Br)c1. The van der Waals surface area contributed by atoms with E-state index < -0.39 is 0 Å². The van der Waals surface area contributed by atoms with Crippen LogP contribution in [-0.4, -0.2) is 0 Å². The van der Waals surface area contributed by atoms with E-state index in [9.17, 15) is 0 Å². The minimum Gasteiger partial charge on any atom is -0.192 e. The lowest BCUT2D eigenvalue weighted by atomic mass is 10.2. The fraction of sp³-hybridized carbons (Fsp3) is 0.188. The normalized spacial score (nSPS) is 9.26. The lowest BCUT2D eigenvalue weighted by Crippen LogP contribution is -1.76. The lowest BCUT2D eigenvalue weighted by molar-refractivity contribution is 1.37. The van der Waals surface area contributed by atoms with Gasteiger partial charge in [0, 0.05) is 8.95 Å². The van der Waals surface area contributed by atoms with Crippen LogP contribution in [0.1, 0.15) is 22.3 Å². The second-order valence-electron chi connectivity index (χ2n) is 4.43. The third-order valence-corrected chi connectivity index (χ3v) is 3.27. The summed E-state index contributed by atoms with van der Waals surface area (Å²) in [5.41, 5.74) is 4.42. The predicted molar refractivity (Wildman–Crippen MR) is 87.2 cm³/mol. The molecule has 1 nitrogen and oxygen atoms in total. The molecular formula is C16H15Br2N. The molecule has 0 heterocycles. The molecule has 98 valence electrons. The highest BCUT2D eigenvalue weighted by molar-refractivity contribution is 9.10. The molecule has 3 heteroatoms. The number of benzene rings is 2. The molecule has 0 saturated carbocycles. The van der Waals surface area contributed by atoms with Gasteiger partial charge in [-0.2, -0.15) is 5.26 Å². The summed E-state index contributed by atoms with van der Waals surface area (Å²) in [5, 5.41) is 8.52. The summed E-state index contributed by atoms with van der Waals surface area (Å²) in [4.78, 5) is 0. The van der Waals surface area contributed by atoms with Gasteiger partial charge in [0.1, 0.15) is 0 Å². The molecule has 0 aliphatic carbocycles. The van der Waals surface area contributed by atoms with Gasteiger partial charge in [0.25, 0.3) is 0 Å². The highest BCUT2D eigenvalue weighted by Gasteiger charge is 1.93. The highest BCUT2D eigenvalue weighted by Crippen LogP contribution is 2.14. The van der Waals surface area contributed by atoms with E-state index in [1.807, 2.05) is 19.1 Å². The van der Waals surface area contributed by atoms with E-state index in [2.05, 4.69) is 70.0 Å². The second-order valence-corrected chi connectivity index (χ2v) is 6.27. The lowest BCUT2D eigenvalue weighted by Gasteiger charge is -1.95. The quantitative estimate of drug-likeness (QED) is 0.575. The number of rotatable bonds is 0. The molecule has 0 aliphatic rings. The van der Waals surface area contributed by atoms with Gasteiger partial charge in [-0.05, 0) is 67.8 Å². The van der Waals surface area contributed by atoms with E-state index >= 15 is 0 Å². The smallest absolute Gasteiger partial charge is 0.0992 e. The van der Waals surface area contributed by atoms with Gasteiger partial charge in [-0.1, -0.05) is 37.9 Å². The topological polar surface area (TPSA) is 23.8 Å². The molecule has 0 amide bonds. The van der Waals surface area contributed by atoms with Crippen molar-refractivity contribution >= 4 is 31.9 Å². The first-order valence-corrected chi connectivity index (χ1v) is 7.40. The zero-order chi connectivity index (χ0) is 14.4. The van der Waals surface area contributed by atoms with Crippen molar-refractivity contribution in [1.29, 1.82) is 5.26 Å². The Bertz CT molecular complexity index is 542. The van der Waals surface area contributed by atoms with Crippen LogP contribution in [0.4, 0.5) is 0 Å². The molecule has 2 aromatic rings. The first kappa shape index (κ1) is 15.9. The molecule has 0 radical (unpaired) electrons. The maximum absolute atomic E-state index is 8.52. The van der Waals surface area contributed by atoms with Crippen molar-refractivity contribution in [3.8, 4) is 6.07 Å². The molecule has 2 aromatic carbocycles. The van der Waals surface area contributed by atoms with Crippen molar-refractivity contribution in [2.45, 2.75) is 20.8 Å². The maximum Gasteiger partial charge on any atom is 0.0992 e. The molecule has 0 aliphatic heterocycles. The standard InChI is InChI=1S/C8H6BrN.C8H9Br/c1-6-2-7(5-10)4-8(9)3-6;1-6-3-7(2)5-8(9)4-6/h2-4H,1H3;3-5H,1-2H3. The maximum atomic E-state index is 8.52. The largest absolute Gasteiger partial charge is 0.192 e. The second kappa shape index (κ2) is 7.47. The molecule has 0 bridgehead atoms. The molecule has 0 spiro atoms. The van der Waals surface area contributed by atoms with E-state index in [1.54, 1.807) is 6.07 Å². The van der Waals surface area contributed by atoms with Crippen LogP contribution in [0.5, 0.6) is 0 Å². The Kier molecular flexibility index (Phi) is 6.27. The molecule has 0 aromatic heterocycles. The van der Waals surface area contributed by atoms with Crippen LogP contribution in [0.3, 0.4) is 0 Å². The van der Waals surface area contributed by atoms with Gasteiger partial charge in [-0.15, -0.1) is 0 Å². The van der Waals surface area contributed by atoms with E-state index in [-0.39, 0.29) is 0 Å². The van der Waals surface area contributed by atoms with Crippen molar-refractivity contribution in [2.75, 3.05) is 0 Å². The highest BCUT2D eigenvalue weighted by atomic mass is 79.9. The summed E-state index contributed by atoms with van der Waals surface area (Å²) >= 11 is 6.72. The molecule has 0 saturated heterocycles. The van der Waals surface area contributed by atoms with Gasteiger partial charge in [0.2, 0.25) is 0 Å². The number of aryl methyl sites for hydroxylation is 3. The minimum absolute atomic E-state index is 0.701. The molecule has 0 N–H and O–H groups in total. The van der Waals surface area contributed by atoms with Crippen LogP contribution >= 0.6 is 31.9 Å².